The number of nitrogens with two attached hydrogens (primary N) is 1. The quantitative estimate of drug-likeness (QED) is 0.815. The van der Waals surface area contributed by atoms with Gasteiger partial charge in [0.05, 0.1) is 11.6 Å². The first-order valence-corrected chi connectivity index (χ1v) is 5.09. The van der Waals surface area contributed by atoms with E-state index in [0.29, 0.717) is 6.07 Å². The van der Waals surface area contributed by atoms with Crippen molar-refractivity contribution in [1.82, 2.24) is 5.32 Å². The van der Waals surface area contributed by atoms with Crippen molar-refractivity contribution >= 4 is 5.91 Å². The van der Waals surface area contributed by atoms with Crippen LogP contribution < -0.4 is 11.1 Å². The Bertz CT molecular complexity index is 445. The molecule has 0 heterocycles. The number of carbonyl (C=O) groups is 1. The third kappa shape index (κ3) is 3.99. The Hall–Kier alpha value is -1.63. The molecular weight excluding hydrogens is 252 g/mol. The summed E-state index contributed by atoms with van der Waals surface area (Å²) in [4.78, 5) is 10.7. The fraction of sp³-hybridized carbons (Fsp3) is 0.364. The highest BCUT2D eigenvalue weighted by Gasteiger charge is 2.31. The molecule has 1 unspecified atom stereocenters. The number of alkyl halides is 3. The summed E-state index contributed by atoms with van der Waals surface area (Å²) in [6, 6.07) is 1.50. The molecule has 0 aliphatic carbocycles. The maximum Gasteiger partial charge on any atom is 0.416 e. The van der Waals surface area contributed by atoms with Gasteiger partial charge in [-0.2, -0.15) is 13.2 Å². The van der Waals surface area contributed by atoms with Gasteiger partial charge in [0.15, 0.2) is 0 Å². The second kappa shape index (κ2) is 5.34. The van der Waals surface area contributed by atoms with E-state index in [-0.39, 0.29) is 12.1 Å². The van der Waals surface area contributed by atoms with Gasteiger partial charge in [-0.1, -0.05) is 0 Å². The van der Waals surface area contributed by atoms with Gasteiger partial charge >= 0.3 is 6.18 Å². The molecule has 0 saturated heterocycles. The van der Waals surface area contributed by atoms with Crippen LogP contribution in [0.4, 0.5) is 17.6 Å². The molecule has 0 aromatic heterocycles. The van der Waals surface area contributed by atoms with Crippen LogP contribution in [0.3, 0.4) is 0 Å². The lowest BCUT2D eigenvalue weighted by atomic mass is 10.1. The highest BCUT2D eigenvalue weighted by molar-refractivity contribution is 5.79. The first-order chi connectivity index (χ1) is 8.20. The van der Waals surface area contributed by atoms with Crippen molar-refractivity contribution in [3.05, 3.63) is 35.1 Å². The summed E-state index contributed by atoms with van der Waals surface area (Å²) in [5, 5.41) is 2.60. The van der Waals surface area contributed by atoms with E-state index in [1.807, 2.05) is 0 Å². The molecule has 100 valence electrons. The number of hydrogen-bond acceptors (Lipinski definition) is 2. The van der Waals surface area contributed by atoms with Gasteiger partial charge in [-0.25, -0.2) is 4.39 Å². The van der Waals surface area contributed by atoms with Gasteiger partial charge in [0, 0.05) is 6.54 Å². The van der Waals surface area contributed by atoms with Gasteiger partial charge in [-0.15, -0.1) is 0 Å². The van der Waals surface area contributed by atoms with Crippen LogP contribution in [0.2, 0.25) is 0 Å². The summed E-state index contributed by atoms with van der Waals surface area (Å²) in [5.41, 5.74) is 4.00. The highest BCUT2D eigenvalue weighted by atomic mass is 19.4. The van der Waals surface area contributed by atoms with Crippen LogP contribution in [0.15, 0.2) is 18.2 Å². The van der Waals surface area contributed by atoms with E-state index in [2.05, 4.69) is 5.32 Å². The highest BCUT2D eigenvalue weighted by Crippen LogP contribution is 2.30. The van der Waals surface area contributed by atoms with Crippen molar-refractivity contribution in [1.29, 1.82) is 0 Å². The maximum absolute atomic E-state index is 13.0. The number of nitrogens with one attached hydrogen (secondary N) is 1. The summed E-state index contributed by atoms with van der Waals surface area (Å²) in [6.07, 6.45) is -4.61. The van der Waals surface area contributed by atoms with E-state index in [1.165, 1.54) is 6.92 Å². The molecule has 1 amide bonds. The minimum Gasteiger partial charge on any atom is -0.368 e. The van der Waals surface area contributed by atoms with Crippen LogP contribution in [0.5, 0.6) is 0 Å². The van der Waals surface area contributed by atoms with Crippen LogP contribution in [-0.4, -0.2) is 11.9 Å². The second-order valence-electron chi connectivity index (χ2n) is 3.85. The van der Waals surface area contributed by atoms with Crippen LogP contribution in [0.25, 0.3) is 0 Å². The molecular formula is C11H12F4N2O. The summed E-state index contributed by atoms with van der Waals surface area (Å²) in [5.74, 6) is -1.61. The molecule has 3 N–H and O–H groups in total. The first-order valence-electron chi connectivity index (χ1n) is 5.09. The lowest BCUT2D eigenvalue weighted by Gasteiger charge is -2.12. The molecule has 0 aliphatic rings. The average Bonchev–Trinajstić information content (AvgIpc) is 2.23. The van der Waals surface area contributed by atoms with Crippen LogP contribution in [0, 0.1) is 5.82 Å². The first kappa shape index (κ1) is 14.4. The van der Waals surface area contributed by atoms with Crippen molar-refractivity contribution in [3.8, 4) is 0 Å². The Kier molecular flexibility index (Phi) is 4.28. The molecule has 0 fully saturated rings. The van der Waals surface area contributed by atoms with Gasteiger partial charge in [0.1, 0.15) is 5.82 Å². The molecule has 0 saturated carbocycles. The van der Waals surface area contributed by atoms with Crippen molar-refractivity contribution in [3.63, 3.8) is 0 Å². The molecule has 3 nitrogen and oxygen atoms in total. The number of rotatable bonds is 4. The van der Waals surface area contributed by atoms with Crippen LogP contribution in [0.1, 0.15) is 18.1 Å². The molecule has 0 spiro atoms. The number of halogens is 4. The largest absolute Gasteiger partial charge is 0.416 e. The molecule has 1 aromatic carbocycles. The Morgan fingerprint density at radius 2 is 2.00 bits per heavy atom. The van der Waals surface area contributed by atoms with Crippen molar-refractivity contribution < 1.29 is 22.4 Å². The molecule has 0 bridgehead atoms. The number of amides is 1. The molecule has 0 radical (unpaired) electrons. The van der Waals surface area contributed by atoms with Crippen molar-refractivity contribution in [2.45, 2.75) is 25.7 Å². The van der Waals surface area contributed by atoms with E-state index in [0.717, 1.165) is 12.1 Å². The van der Waals surface area contributed by atoms with Gasteiger partial charge in [0.2, 0.25) is 5.91 Å². The summed E-state index contributed by atoms with van der Waals surface area (Å²) in [7, 11) is 0. The minimum atomic E-state index is -4.61. The summed E-state index contributed by atoms with van der Waals surface area (Å²) < 4.78 is 50.3. The van der Waals surface area contributed by atoms with Gasteiger partial charge < -0.3 is 11.1 Å². The normalized spacial score (nSPS) is 13.4. The number of carbonyl (C=O) groups excluding carboxylic acids is 1. The number of benzene rings is 1. The molecule has 1 rings (SSSR count). The number of hydrogen-bond donors (Lipinski definition) is 2. The minimum absolute atomic E-state index is 0.0784. The van der Waals surface area contributed by atoms with Gasteiger partial charge in [-0.05, 0) is 30.7 Å². The molecule has 7 heteroatoms. The van der Waals surface area contributed by atoms with E-state index < -0.39 is 29.5 Å². The molecule has 1 aromatic rings. The van der Waals surface area contributed by atoms with Crippen molar-refractivity contribution in [2.75, 3.05) is 0 Å². The zero-order valence-electron chi connectivity index (χ0n) is 9.51. The second-order valence-corrected chi connectivity index (χ2v) is 3.85. The van der Waals surface area contributed by atoms with Crippen molar-refractivity contribution in [2.24, 2.45) is 5.73 Å². The third-order valence-corrected chi connectivity index (χ3v) is 2.32. The lowest BCUT2D eigenvalue weighted by Crippen LogP contribution is -2.38. The van der Waals surface area contributed by atoms with Crippen LogP contribution >= 0.6 is 0 Å². The Morgan fingerprint density at radius 1 is 1.39 bits per heavy atom. The Labute approximate surface area is 101 Å². The average molecular weight is 264 g/mol. The fourth-order valence-corrected chi connectivity index (χ4v) is 1.29. The SMILES string of the molecule is CC(NCc1cc(F)cc(C(F)(F)F)c1)C(N)=O. The van der Waals surface area contributed by atoms with Gasteiger partial charge in [-0.3, -0.25) is 4.79 Å². The third-order valence-electron chi connectivity index (χ3n) is 2.32. The molecule has 0 aliphatic heterocycles. The van der Waals surface area contributed by atoms with E-state index >= 15 is 0 Å². The zero-order valence-corrected chi connectivity index (χ0v) is 9.51. The standard InChI is InChI=1S/C11H12F4N2O/c1-6(10(16)18)17-5-7-2-8(11(13,14)15)4-9(12)3-7/h2-4,6,17H,5H2,1H3,(H2,16,18). The van der Waals surface area contributed by atoms with Crippen LogP contribution in [-0.2, 0) is 17.5 Å². The predicted octanol–water partition coefficient (Wildman–Crippen LogP) is 1.81. The molecule has 18 heavy (non-hydrogen) atoms. The zero-order chi connectivity index (χ0) is 13.9. The topological polar surface area (TPSA) is 55.1 Å². The predicted molar refractivity (Wildman–Crippen MR) is 56.9 cm³/mol. The molecule has 1 atom stereocenters. The van der Waals surface area contributed by atoms with E-state index in [4.69, 9.17) is 5.73 Å². The monoisotopic (exact) mass is 264 g/mol. The van der Waals surface area contributed by atoms with E-state index in [1.54, 1.807) is 0 Å². The van der Waals surface area contributed by atoms with Gasteiger partial charge in [0.25, 0.3) is 0 Å². The Balaban J connectivity index is 2.84. The lowest BCUT2D eigenvalue weighted by molar-refractivity contribution is -0.137. The fourth-order valence-electron chi connectivity index (χ4n) is 1.29. The summed E-state index contributed by atoms with van der Waals surface area (Å²) in [6.45, 7) is 1.39. The maximum atomic E-state index is 13.0. The van der Waals surface area contributed by atoms with E-state index in [9.17, 15) is 22.4 Å². The number of primary amides is 1. The Morgan fingerprint density at radius 3 is 2.50 bits per heavy atom. The smallest absolute Gasteiger partial charge is 0.368 e. The summed E-state index contributed by atoms with van der Waals surface area (Å²) >= 11 is 0.